The molecule has 2 aromatic rings. The van der Waals surface area contributed by atoms with Gasteiger partial charge in [-0.25, -0.2) is 4.39 Å². The number of aliphatic hydroxyl groups excluding tert-OH is 1. The van der Waals surface area contributed by atoms with Crippen LogP contribution >= 0.6 is 0 Å². The Hall–Kier alpha value is -3.80. The lowest BCUT2D eigenvalue weighted by atomic mass is 10.0. The highest BCUT2D eigenvalue weighted by molar-refractivity contribution is 6.22. The number of carbonyl (C=O) groups excluding carboxylic acids is 4. The molecule has 0 spiro atoms. The molecule has 3 N–H and O–H groups in total. The third kappa shape index (κ3) is 4.12. The summed E-state index contributed by atoms with van der Waals surface area (Å²) in [6.45, 7) is -0.320. The second kappa shape index (κ2) is 8.52. The molecule has 4 amide bonds. The van der Waals surface area contributed by atoms with Crippen LogP contribution in [0.1, 0.15) is 55.0 Å². The number of alkyl halides is 3. The average Bonchev–Trinajstić information content (AvgIpc) is 3.02. The maximum atomic E-state index is 14.1. The van der Waals surface area contributed by atoms with Gasteiger partial charge in [-0.15, -0.1) is 0 Å². The summed E-state index contributed by atoms with van der Waals surface area (Å²) in [4.78, 5) is 50.6. The zero-order chi connectivity index (χ0) is 24.8. The molecule has 34 heavy (non-hydrogen) atoms. The van der Waals surface area contributed by atoms with Gasteiger partial charge < -0.3 is 15.7 Å². The third-order valence-corrected chi connectivity index (χ3v) is 5.69. The fourth-order valence-corrected chi connectivity index (χ4v) is 4.01. The van der Waals surface area contributed by atoms with Crippen molar-refractivity contribution >= 4 is 23.6 Å². The number of rotatable bonds is 4. The van der Waals surface area contributed by atoms with Crippen LogP contribution in [0.15, 0.2) is 36.4 Å². The molecule has 0 bridgehead atoms. The van der Waals surface area contributed by atoms with Crippen LogP contribution in [0.2, 0.25) is 0 Å². The first-order chi connectivity index (χ1) is 16.0. The summed E-state index contributed by atoms with van der Waals surface area (Å²) in [5.74, 6) is -4.20. The first kappa shape index (κ1) is 23.4. The first-order valence-electron chi connectivity index (χ1n) is 10.1. The average molecular weight is 479 g/mol. The largest absolute Gasteiger partial charge is 0.416 e. The molecule has 0 saturated carbocycles. The van der Waals surface area contributed by atoms with E-state index in [9.17, 15) is 41.8 Å². The lowest BCUT2D eigenvalue weighted by Gasteiger charge is -2.33. The number of hydrogen-bond donors (Lipinski definition) is 3. The summed E-state index contributed by atoms with van der Waals surface area (Å²) in [6.07, 6.45) is -6.13. The molecule has 8 nitrogen and oxygen atoms in total. The number of carbonyl (C=O) groups is 4. The Morgan fingerprint density at radius 2 is 1.88 bits per heavy atom. The number of nitrogens with one attached hydrogen (secondary N) is 2. The number of halogens is 4. The third-order valence-electron chi connectivity index (χ3n) is 5.69. The SMILES string of the molecule is O=C1CCC(N2C(=O)c3cccc(CNC(=O)c4ccc(C(F)(F)F)cc4F)c3C2=O)C(O)N1. The van der Waals surface area contributed by atoms with Crippen molar-refractivity contribution in [3.05, 3.63) is 70.0 Å². The molecule has 2 aliphatic rings. The predicted molar refractivity (Wildman–Crippen MR) is 107 cm³/mol. The molecule has 2 unspecified atom stereocenters. The molecule has 178 valence electrons. The van der Waals surface area contributed by atoms with Crippen molar-refractivity contribution < 1.29 is 41.8 Å². The number of benzene rings is 2. The minimum absolute atomic E-state index is 0.0107. The monoisotopic (exact) mass is 479 g/mol. The quantitative estimate of drug-likeness (QED) is 0.458. The van der Waals surface area contributed by atoms with Crippen LogP contribution in [0.4, 0.5) is 17.6 Å². The molecular formula is C22H17F4N3O5. The Balaban J connectivity index is 1.54. The van der Waals surface area contributed by atoms with Crippen LogP contribution in [-0.2, 0) is 17.5 Å². The number of aliphatic hydroxyl groups is 1. The standard InChI is InChI=1S/C22H17F4N3O5/c23-14-8-11(22(24,25)26)4-5-12(14)18(31)27-9-10-2-1-3-13-17(10)21(34)29(20(13)33)15-6-7-16(30)28-19(15)32/h1-5,8,15,19,32H,6-7,9H2,(H,27,31)(H,28,30). The second-order valence-corrected chi connectivity index (χ2v) is 7.81. The summed E-state index contributed by atoms with van der Waals surface area (Å²) in [5.41, 5.74) is -1.64. The molecule has 2 heterocycles. The number of nitrogens with zero attached hydrogens (tertiary/aromatic N) is 1. The van der Waals surface area contributed by atoms with E-state index < -0.39 is 59.0 Å². The predicted octanol–water partition coefficient (Wildman–Crippen LogP) is 1.97. The molecule has 2 aliphatic heterocycles. The van der Waals surface area contributed by atoms with Gasteiger partial charge in [0.25, 0.3) is 17.7 Å². The topological polar surface area (TPSA) is 116 Å². The van der Waals surface area contributed by atoms with Crippen molar-refractivity contribution in [2.24, 2.45) is 0 Å². The molecule has 1 saturated heterocycles. The van der Waals surface area contributed by atoms with Gasteiger partial charge in [0.2, 0.25) is 5.91 Å². The van der Waals surface area contributed by atoms with Crippen LogP contribution in [0.3, 0.4) is 0 Å². The Morgan fingerprint density at radius 3 is 2.53 bits per heavy atom. The normalized spacial score (nSPS) is 20.3. The van der Waals surface area contributed by atoms with E-state index in [1.807, 2.05) is 0 Å². The lowest BCUT2D eigenvalue weighted by molar-refractivity contribution is -0.137. The van der Waals surface area contributed by atoms with Gasteiger partial charge in [0.1, 0.15) is 12.0 Å². The van der Waals surface area contributed by atoms with E-state index in [2.05, 4.69) is 10.6 Å². The first-order valence-corrected chi connectivity index (χ1v) is 10.1. The molecule has 0 aliphatic carbocycles. The van der Waals surface area contributed by atoms with E-state index >= 15 is 0 Å². The van der Waals surface area contributed by atoms with Crippen molar-refractivity contribution in [2.45, 2.75) is 37.8 Å². The van der Waals surface area contributed by atoms with Gasteiger partial charge in [-0.05, 0) is 36.2 Å². The van der Waals surface area contributed by atoms with Gasteiger partial charge in [0, 0.05) is 13.0 Å². The van der Waals surface area contributed by atoms with E-state index in [0.717, 1.165) is 4.90 Å². The van der Waals surface area contributed by atoms with Gasteiger partial charge in [0.15, 0.2) is 0 Å². The highest BCUT2D eigenvalue weighted by Gasteiger charge is 2.45. The van der Waals surface area contributed by atoms with Gasteiger partial charge >= 0.3 is 6.18 Å². The van der Waals surface area contributed by atoms with Crippen molar-refractivity contribution in [1.29, 1.82) is 0 Å². The highest BCUT2D eigenvalue weighted by atomic mass is 19.4. The Morgan fingerprint density at radius 1 is 1.15 bits per heavy atom. The minimum Gasteiger partial charge on any atom is -0.372 e. The number of imide groups is 1. The second-order valence-electron chi connectivity index (χ2n) is 7.81. The summed E-state index contributed by atoms with van der Waals surface area (Å²) in [7, 11) is 0. The van der Waals surface area contributed by atoms with Gasteiger partial charge in [-0.2, -0.15) is 13.2 Å². The molecule has 0 radical (unpaired) electrons. The molecular weight excluding hydrogens is 462 g/mol. The maximum Gasteiger partial charge on any atom is 0.416 e. The van der Waals surface area contributed by atoms with Crippen molar-refractivity contribution in [3.8, 4) is 0 Å². The molecule has 12 heteroatoms. The minimum atomic E-state index is -4.77. The maximum absolute atomic E-state index is 14.1. The van der Waals surface area contributed by atoms with E-state index in [1.165, 1.54) is 18.2 Å². The Labute approximate surface area is 189 Å². The molecule has 1 fully saturated rings. The summed E-state index contributed by atoms with van der Waals surface area (Å²) in [6, 6.07) is 4.83. The number of piperidine rings is 1. The van der Waals surface area contributed by atoms with Crippen LogP contribution in [0, 0.1) is 5.82 Å². The number of amides is 4. The van der Waals surface area contributed by atoms with Gasteiger partial charge in [0.05, 0.1) is 28.3 Å². The van der Waals surface area contributed by atoms with Crippen LogP contribution in [-0.4, -0.2) is 45.9 Å². The van der Waals surface area contributed by atoms with E-state index in [4.69, 9.17) is 0 Å². The van der Waals surface area contributed by atoms with Crippen LogP contribution < -0.4 is 10.6 Å². The Kier molecular flexibility index (Phi) is 5.86. The Bertz CT molecular complexity index is 1210. The molecule has 2 aromatic carbocycles. The van der Waals surface area contributed by atoms with Crippen molar-refractivity contribution in [2.75, 3.05) is 0 Å². The number of hydrogen-bond acceptors (Lipinski definition) is 5. The molecule has 4 rings (SSSR count). The lowest BCUT2D eigenvalue weighted by Crippen LogP contribution is -2.57. The zero-order valence-electron chi connectivity index (χ0n) is 17.3. The van der Waals surface area contributed by atoms with E-state index in [0.29, 0.717) is 12.1 Å². The summed E-state index contributed by atoms with van der Waals surface area (Å²) >= 11 is 0. The highest BCUT2D eigenvalue weighted by Crippen LogP contribution is 2.32. The van der Waals surface area contributed by atoms with Gasteiger partial charge in [-0.3, -0.25) is 24.1 Å². The van der Waals surface area contributed by atoms with Gasteiger partial charge in [-0.1, -0.05) is 12.1 Å². The summed E-state index contributed by atoms with van der Waals surface area (Å²) in [5, 5.41) is 14.8. The summed E-state index contributed by atoms with van der Waals surface area (Å²) < 4.78 is 52.2. The molecule has 2 atom stereocenters. The smallest absolute Gasteiger partial charge is 0.372 e. The van der Waals surface area contributed by atoms with Crippen LogP contribution in [0.5, 0.6) is 0 Å². The van der Waals surface area contributed by atoms with E-state index in [1.54, 1.807) is 0 Å². The van der Waals surface area contributed by atoms with Crippen molar-refractivity contribution in [3.63, 3.8) is 0 Å². The number of fused-ring (bicyclic) bond motifs is 1. The van der Waals surface area contributed by atoms with Crippen molar-refractivity contribution in [1.82, 2.24) is 15.5 Å². The molecule has 0 aromatic heterocycles. The zero-order valence-corrected chi connectivity index (χ0v) is 17.3. The van der Waals surface area contributed by atoms with E-state index in [-0.39, 0.29) is 42.1 Å². The van der Waals surface area contributed by atoms with Crippen LogP contribution in [0.25, 0.3) is 0 Å². The fourth-order valence-electron chi connectivity index (χ4n) is 4.01. The fraction of sp³-hybridized carbons (Fsp3) is 0.273.